The van der Waals surface area contributed by atoms with E-state index in [1.807, 2.05) is 44.2 Å². The zero-order valence-electron chi connectivity index (χ0n) is 22.2. The summed E-state index contributed by atoms with van der Waals surface area (Å²) in [6.45, 7) is 4.55. The summed E-state index contributed by atoms with van der Waals surface area (Å²) in [7, 11) is 0.363. The van der Waals surface area contributed by atoms with E-state index < -0.39 is 54.9 Å². The molecule has 4 atom stereocenters. The summed E-state index contributed by atoms with van der Waals surface area (Å²) in [5.74, 6) is -2.96. The molecule has 1 aromatic carbocycles. The molecule has 4 rings (SSSR count). The van der Waals surface area contributed by atoms with Gasteiger partial charge in [0.1, 0.15) is 23.8 Å². The molecule has 0 aliphatic carbocycles. The summed E-state index contributed by atoms with van der Waals surface area (Å²) in [4.78, 5) is 62.1. The van der Waals surface area contributed by atoms with Crippen molar-refractivity contribution in [1.82, 2.24) is 30.8 Å². The summed E-state index contributed by atoms with van der Waals surface area (Å²) in [5.41, 5.74) is 0.888. The first-order chi connectivity index (χ1) is 18.7. The molecule has 0 spiro atoms. The number of nitrogens with one attached hydrogen (secondary N) is 3. The van der Waals surface area contributed by atoms with E-state index in [1.165, 1.54) is 18.6 Å². The van der Waals surface area contributed by atoms with Crippen molar-refractivity contribution in [3.63, 3.8) is 0 Å². The molecule has 2 amide bonds. The molecule has 0 unspecified atom stereocenters. The highest BCUT2D eigenvalue weighted by molar-refractivity contribution is 6.51. The molecule has 206 valence electrons. The lowest BCUT2D eigenvalue weighted by atomic mass is 9.73. The summed E-state index contributed by atoms with van der Waals surface area (Å²) >= 11 is 0. The van der Waals surface area contributed by atoms with Gasteiger partial charge in [-0.25, -0.2) is 4.98 Å². The molecule has 2 bridgehead atoms. The van der Waals surface area contributed by atoms with E-state index in [9.17, 15) is 19.2 Å². The fourth-order valence-electron chi connectivity index (χ4n) is 4.67. The molecule has 0 saturated carbocycles. The van der Waals surface area contributed by atoms with E-state index in [0.29, 0.717) is 19.5 Å². The van der Waals surface area contributed by atoms with Crippen molar-refractivity contribution in [2.24, 2.45) is 5.92 Å². The zero-order chi connectivity index (χ0) is 27.9. The third kappa shape index (κ3) is 7.18. The van der Waals surface area contributed by atoms with E-state index in [4.69, 9.17) is 9.31 Å². The number of aromatic nitrogens is 2. The Kier molecular flexibility index (Phi) is 9.26. The number of nitrogens with zero attached hydrogens (tertiary/aromatic N) is 3. The zero-order valence-corrected chi connectivity index (χ0v) is 22.2. The molecule has 0 radical (unpaired) electrons. The first kappa shape index (κ1) is 28.2. The Morgan fingerprint density at radius 3 is 2.33 bits per heavy atom. The first-order valence-electron chi connectivity index (χ1n) is 13.0. The Balaban J connectivity index is 1.56. The Bertz CT molecular complexity index is 1140. The van der Waals surface area contributed by atoms with Crippen molar-refractivity contribution < 1.29 is 28.5 Å². The van der Waals surface area contributed by atoms with E-state index >= 15 is 0 Å². The third-order valence-corrected chi connectivity index (χ3v) is 6.75. The van der Waals surface area contributed by atoms with Gasteiger partial charge >= 0.3 is 19.1 Å². The minimum atomic E-state index is -1.32. The van der Waals surface area contributed by atoms with Gasteiger partial charge in [0, 0.05) is 31.9 Å². The molecule has 1 aromatic heterocycles. The number of rotatable bonds is 9. The third-order valence-electron chi connectivity index (χ3n) is 6.75. The molecule has 2 aliphatic heterocycles. The van der Waals surface area contributed by atoms with Crippen LogP contribution in [0.4, 0.5) is 0 Å². The number of benzene rings is 1. The van der Waals surface area contributed by atoms with E-state index in [2.05, 4.69) is 25.9 Å². The molecule has 2 aromatic rings. The normalized spacial score (nSPS) is 21.2. The highest BCUT2D eigenvalue weighted by atomic mass is 16.6. The number of carbonyl (C=O) groups is 4. The fraction of sp³-hybridized carbons (Fsp3) is 0.462. The fourth-order valence-corrected chi connectivity index (χ4v) is 4.67. The lowest BCUT2D eigenvalue weighted by Gasteiger charge is -2.40. The summed E-state index contributed by atoms with van der Waals surface area (Å²) in [6.07, 6.45) is 4.69. The van der Waals surface area contributed by atoms with Crippen molar-refractivity contribution in [2.75, 3.05) is 20.1 Å². The van der Waals surface area contributed by atoms with Crippen LogP contribution in [0, 0.1) is 5.92 Å². The molecule has 2 fully saturated rings. The molecular weight excluding hydrogens is 503 g/mol. The van der Waals surface area contributed by atoms with Crippen LogP contribution in [0.2, 0.25) is 0 Å². The van der Waals surface area contributed by atoms with Crippen LogP contribution in [-0.2, 0) is 30.1 Å². The Labute approximate surface area is 227 Å². The number of piperazine rings is 1. The van der Waals surface area contributed by atoms with Crippen LogP contribution in [0.1, 0.15) is 36.3 Å². The molecule has 3 N–H and O–H groups in total. The minimum absolute atomic E-state index is 0.0590. The summed E-state index contributed by atoms with van der Waals surface area (Å²) in [5, 5.41) is 8.69. The van der Waals surface area contributed by atoms with Crippen LogP contribution in [0.5, 0.6) is 0 Å². The van der Waals surface area contributed by atoms with Crippen LogP contribution >= 0.6 is 0 Å². The van der Waals surface area contributed by atoms with Gasteiger partial charge in [0.15, 0.2) is 0 Å². The maximum Gasteiger partial charge on any atom is 0.622 e. The molecule has 39 heavy (non-hydrogen) atoms. The van der Waals surface area contributed by atoms with E-state index in [1.54, 1.807) is 11.9 Å². The van der Waals surface area contributed by atoms with Gasteiger partial charge in [-0.15, -0.1) is 0 Å². The van der Waals surface area contributed by atoms with Crippen molar-refractivity contribution in [2.45, 2.75) is 50.8 Å². The maximum atomic E-state index is 13.7. The van der Waals surface area contributed by atoms with Gasteiger partial charge in [0.25, 0.3) is 5.91 Å². The molecular formula is C26H33BN6O6. The lowest BCUT2D eigenvalue weighted by Crippen LogP contribution is -2.66. The van der Waals surface area contributed by atoms with E-state index in [-0.39, 0.29) is 18.0 Å². The second-order valence-corrected chi connectivity index (χ2v) is 10.1. The Morgan fingerprint density at radius 2 is 1.74 bits per heavy atom. The monoisotopic (exact) mass is 536 g/mol. The number of carbonyl (C=O) groups excluding carboxylic acids is 4. The summed E-state index contributed by atoms with van der Waals surface area (Å²) < 4.78 is 11.3. The van der Waals surface area contributed by atoms with Crippen LogP contribution in [0.3, 0.4) is 0 Å². The van der Waals surface area contributed by atoms with Crippen LogP contribution in [0.15, 0.2) is 48.9 Å². The lowest BCUT2D eigenvalue weighted by molar-refractivity contribution is -0.156. The largest absolute Gasteiger partial charge is 0.622 e. The van der Waals surface area contributed by atoms with Crippen molar-refractivity contribution >= 4 is 30.9 Å². The van der Waals surface area contributed by atoms with Crippen molar-refractivity contribution in [1.29, 1.82) is 0 Å². The number of likely N-dealkylation sites (N-methyl/N-ethyl adjacent to an activating group) is 1. The predicted molar refractivity (Wildman–Crippen MR) is 141 cm³/mol. The first-order valence-corrected chi connectivity index (χ1v) is 13.0. The quantitative estimate of drug-likeness (QED) is 0.366. The van der Waals surface area contributed by atoms with Crippen molar-refractivity contribution in [3.05, 3.63) is 60.2 Å². The molecule has 2 saturated heterocycles. The Morgan fingerprint density at radius 1 is 1.08 bits per heavy atom. The summed E-state index contributed by atoms with van der Waals surface area (Å²) in [6, 6.07) is 6.92. The number of hydrogen-bond donors (Lipinski definition) is 3. The standard InChI is InChI=1S/C26H33BN6O6/c1-16(2)11-22(27-38-25(36)20-14-29-15-21(33(20)3)26(37)39-27)32-23(34)18(12-17-7-5-4-6-8-17)31-24(35)19-13-28-9-10-30-19/h4-10,13,16,18,20-22,29H,11-12,14-15H2,1-3H3,(H,31,35)(H,32,34)/t18-,20-,21-,22-/m0/s1. The van der Waals surface area contributed by atoms with Gasteiger partial charge in [-0.05, 0) is 24.9 Å². The Hall–Kier alpha value is -3.84. The van der Waals surface area contributed by atoms with Gasteiger partial charge in [-0.3, -0.25) is 29.1 Å². The predicted octanol–water partition coefficient (Wildman–Crippen LogP) is -0.252. The van der Waals surface area contributed by atoms with Gasteiger partial charge in [-0.2, -0.15) is 0 Å². The highest BCUT2D eigenvalue weighted by Gasteiger charge is 2.48. The minimum Gasteiger partial charge on any atom is -0.497 e. The van der Waals surface area contributed by atoms with Gasteiger partial charge in [-0.1, -0.05) is 44.2 Å². The molecule has 3 heterocycles. The maximum absolute atomic E-state index is 13.7. The van der Waals surface area contributed by atoms with Gasteiger partial charge in [0.05, 0.1) is 12.1 Å². The number of hydrogen-bond acceptors (Lipinski definition) is 10. The van der Waals surface area contributed by atoms with Crippen molar-refractivity contribution in [3.8, 4) is 0 Å². The van der Waals surface area contributed by atoms with Crippen LogP contribution in [0.25, 0.3) is 0 Å². The topological polar surface area (TPSA) is 152 Å². The average molecular weight is 536 g/mol. The number of fused-ring (bicyclic) bond motifs is 2. The van der Waals surface area contributed by atoms with Gasteiger partial charge < -0.3 is 25.3 Å². The average Bonchev–Trinajstić information content (AvgIpc) is 2.92. The van der Waals surface area contributed by atoms with E-state index in [0.717, 1.165) is 5.56 Å². The second-order valence-electron chi connectivity index (χ2n) is 10.1. The number of amides is 2. The highest BCUT2D eigenvalue weighted by Crippen LogP contribution is 2.19. The second kappa shape index (κ2) is 12.8. The molecule has 2 aliphatic rings. The van der Waals surface area contributed by atoms with Crippen LogP contribution in [-0.4, -0.2) is 89.9 Å². The smallest absolute Gasteiger partial charge is 0.497 e. The molecule has 13 heteroatoms. The molecule has 12 nitrogen and oxygen atoms in total. The van der Waals surface area contributed by atoms with Gasteiger partial charge in [0.2, 0.25) is 5.91 Å². The SMILES string of the molecule is CC(C)C[C@H](NC(=O)[C@H](Cc1ccccc1)NC(=O)c1cnccn1)B1OC(=O)[C@@H]2CNC[C@@H](C(=O)O1)N2C. The van der Waals surface area contributed by atoms with Crippen LogP contribution < -0.4 is 16.0 Å².